The molecule has 1 aromatic heterocycles. The molecule has 1 rings (SSSR count). The van der Waals surface area contributed by atoms with Crippen molar-refractivity contribution in [2.24, 2.45) is 0 Å². The Hall–Kier alpha value is -1.05. The summed E-state index contributed by atoms with van der Waals surface area (Å²) < 4.78 is 17.7. The molecule has 0 amide bonds. The molecule has 0 fully saturated rings. The van der Waals surface area contributed by atoms with Crippen molar-refractivity contribution in [2.45, 2.75) is 20.3 Å². The Kier molecular flexibility index (Phi) is 2.47. The van der Waals surface area contributed by atoms with E-state index < -0.39 is 0 Å². The fraction of sp³-hybridized carbons (Fsp3) is 0.333. The average molecular weight is 154 g/mol. The van der Waals surface area contributed by atoms with E-state index in [1.807, 2.05) is 6.92 Å². The highest BCUT2D eigenvalue weighted by Crippen LogP contribution is 2.15. The molecule has 0 atom stereocenters. The van der Waals surface area contributed by atoms with Crippen molar-refractivity contribution in [2.75, 3.05) is 0 Å². The maximum Gasteiger partial charge on any atom is 0.107 e. The molecule has 0 bridgehead atoms. The maximum atomic E-state index is 12.7. The summed E-state index contributed by atoms with van der Waals surface area (Å²) >= 11 is 0. The Labute approximate surface area is 65.5 Å². The average Bonchev–Trinajstić information content (AvgIpc) is 2.37. The monoisotopic (exact) mass is 154 g/mol. The summed E-state index contributed by atoms with van der Waals surface area (Å²) in [6, 6.07) is 1.75. The second-order valence-corrected chi connectivity index (χ2v) is 2.38. The van der Waals surface area contributed by atoms with Gasteiger partial charge < -0.3 is 4.42 Å². The lowest BCUT2D eigenvalue weighted by molar-refractivity contribution is 0.533. The van der Waals surface area contributed by atoms with E-state index in [1.54, 1.807) is 19.3 Å². The Morgan fingerprint density at radius 1 is 1.73 bits per heavy atom. The standard InChI is InChI=1S/C9H11FO/c1-3-9(10)6-8-4-5-11-7(8)2/h4-6H,3H2,1-2H3/b9-6+. The molecule has 0 aliphatic carbocycles. The van der Waals surface area contributed by atoms with Crippen molar-refractivity contribution in [1.29, 1.82) is 0 Å². The lowest BCUT2D eigenvalue weighted by Crippen LogP contribution is -1.72. The Bertz CT molecular complexity index is 260. The van der Waals surface area contributed by atoms with Crippen LogP contribution in [-0.2, 0) is 0 Å². The molecule has 1 heterocycles. The minimum atomic E-state index is -0.116. The quantitative estimate of drug-likeness (QED) is 0.637. The molecule has 0 saturated heterocycles. The third-order valence-electron chi connectivity index (χ3n) is 1.55. The van der Waals surface area contributed by atoms with E-state index in [4.69, 9.17) is 4.42 Å². The second kappa shape index (κ2) is 3.37. The van der Waals surface area contributed by atoms with Crippen molar-refractivity contribution in [1.82, 2.24) is 0 Å². The molecule has 1 aromatic rings. The molecule has 0 aliphatic heterocycles. The minimum Gasteiger partial charge on any atom is -0.469 e. The van der Waals surface area contributed by atoms with E-state index in [-0.39, 0.29) is 5.83 Å². The Balaban J connectivity index is 2.86. The van der Waals surface area contributed by atoms with Crippen molar-refractivity contribution in [3.8, 4) is 0 Å². The van der Waals surface area contributed by atoms with Gasteiger partial charge in [0.25, 0.3) is 0 Å². The fourth-order valence-corrected chi connectivity index (χ4v) is 0.815. The number of hydrogen-bond acceptors (Lipinski definition) is 1. The molecular formula is C9H11FO. The molecule has 11 heavy (non-hydrogen) atoms. The van der Waals surface area contributed by atoms with Crippen LogP contribution in [-0.4, -0.2) is 0 Å². The van der Waals surface area contributed by atoms with Crippen molar-refractivity contribution >= 4 is 6.08 Å². The van der Waals surface area contributed by atoms with E-state index in [1.165, 1.54) is 6.08 Å². The van der Waals surface area contributed by atoms with Crippen LogP contribution in [0.2, 0.25) is 0 Å². The summed E-state index contributed by atoms with van der Waals surface area (Å²) in [7, 11) is 0. The first-order valence-corrected chi connectivity index (χ1v) is 3.64. The number of rotatable bonds is 2. The van der Waals surface area contributed by atoms with E-state index in [0.717, 1.165) is 11.3 Å². The Morgan fingerprint density at radius 3 is 2.91 bits per heavy atom. The molecule has 60 valence electrons. The van der Waals surface area contributed by atoms with Crippen LogP contribution in [0.1, 0.15) is 24.7 Å². The summed E-state index contributed by atoms with van der Waals surface area (Å²) in [6.45, 7) is 3.59. The summed E-state index contributed by atoms with van der Waals surface area (Å²) in [6.07, 6.45) is 3.49. The van der Waals surface area contributed by atoms with Gasteiger partial charge in [-0.15, -0.1) is 0 Å². The van der Waals surface area contributed by atoms with E-state index >= 15 is 0 Å². The number of hydrogen-bond donors (Lipinski definition) is 0. The van der Waals surface area contributed by atoms with Gasteiger partial charge in [-0.05, 0) is 25.5 Å². The molecule has 0 N–H and O–H groups in total. The highest BCUT2D eigenvalue weighted by molar-refractivity contribution is 5.52. The number of allylic oxidation sites excluding steroid dienone is 1. The van der Waals surface area contributed by atoms with Crippen LogP contribution in [0.4, 0.5) is 4.39 Å². The maximum absolute atomic E-state index is 12.7. The Morgan fingerprint density at radius 2 is 2.45 bits per heavy atom. The minimum absolute atomic E-state index is 0.116. The molecule has 1 nitrogen and oxygen atoms in total. The highest BCUT2D eigenvalue weighted by atomic mass is 19.1. The predicted octanol–water partition coefficient (Wildman–Crippen LogP) is 3.31. The largest absolute Gasteiger partial charge is 0.469 e. The van der Waals surface area contributed by atoms with Gasteiger partial charge in [-0.1, -0.05) is 6.92 Å². The van der Waals surface area contributed by atoms with Crippen LogP contribution in [0.5, 0.6) is 0 Å². The van der Waals surface area contributed by atoms with Gasteiger partial charge >= 0.3 is 0 Å². The smallest absolute Gasteiger partial charge is 0.107 e. The summed E-state index contributed by atoms with van der Waals surface area (Å²) in [5.74, 6) is 0.642. The number of furan rings is 1. The molecular weight excluding hydrogens is 143 g/mol. The normalized spacial score (nSPS) is 12.1. The van der Waals surface area contributed by atoms with Gasteiger partial charge in [0.15, 0.2) is 0 Å². The lowest BCUT2D eigenvalue weighted by Gasteiger charge is -1.89. The summed E-state index contributed by atoms with van der Waals surface area (Å²) in [5, 5.41) is 0. The molecule has 0 saturated carbocycles. The van der Waals surface area contributed by atoms with Gasteiger partial charge in [0.2, 0.25) is 0 Å². The van der Waals surface area contributed by atoms with Gasteiger partial charge in [0, 0.05) is 5.56 Å². The van der Waals surface area contributed by atoms with E-state index in [9.17, 15) is 4.39 Å². The van der Waals surface area contributed by atoms with Crippen LogP contribution >= 0.6 is 0 Å². The molecule has 0 unspecified atom stereocenters. The predicted molar refractivity (Wildman–Crippen MR) is 42.8 cm³/mol. The zero-order valence-electron chi connectivity index (χ0n) is 6.73. The molecule has 0 aromatic carbocycles. The van der Waals surface area contributed by atoms with Gasteiger partial charge in [-0.3, -0.25) is 0 Å². The van der Waals surface area contributed by atoms with Crippen LogP contribution in [0.15, 0.2) is 22.6 Å². The molecule has 0 radical (unpaired) electrons. The third-order valence-corrected chi connectivity index (χ3v) is 1.55. The number of aryl methyl sites for hydroxylation is 1. The second-order valence-electron chi connectivity index (χ2n) is 2.38. The molecule has 0 aliphatic rings. The van der Waals surface area contributed by atoms with Crippen molar-refractivity contribution in [3.05, 3.63) is 29.5 Å². The van der Waals surface area contributed by atoms with Crippen molar-refractivity contribution < 1.29 is 8.81 Å². The lowest BCUT2D eigenvalue weighted by atomic mass is 10.2. The fourth-order valence-electron chi connectivity index (χ4n) is 0.815. The summed E-state index contributed by atoms with van der Waals surface area (Å²) in [4.78, 5) is 0. The highest BCUT2D eigenvalue weighted by Gasteiger charge is 1.98. The van der Waals surface area contributed by atoms with E-state index in [2.05, 4.69) is 0 Å². The zero-order chi connectivity index (χ0) is 8.27. The van der Waals surface area contributed by atoms with Crippen LogP contribution in [0, 0.1) is 6.92 Å². The van der Waals surface area contributed by atoms with Gasteiger partial charge in [-0.2, -0.15) is 0 Å². The van der Waals surface area contributed by atoms with Crippen LogP contribution < -0.4 is 0 Å². The topological polar surface area (TPSA) is 13.1 Å². The first-order valence-electron chi connectivity index (χ1n) is 3.64. The molecule has 2 heteroatoms. The van der Waals surface area contributed by atoms with Crippen LogP contribution in [0.3, 0.4) is 0 Å². The van der Waals surface area contributed by atoms with Gasteiger partial charge in [0.05, 0.1) is 6.26 Å². The SMILES string of the molecule is CC/C(F)=C\c1ccoc1C. The summed E-state index contributed by atoms with van der Waals surface area (Å²) in [5.41, 5.74) is 0.823. The number of halogens is 1. The van der Waals surface area contributed by atoms with Crippen LogP contribution in [0.25, 0.3) is 6.08 Å². The van der Waals surface area contributed by atoms with E-state index in [0.29, 0.717) is 6.42 Å². The van der Waals surface area contributed by atoms with Gasteiger partial charge in [-0.25, -0.2) is 4.39 Å². The van der Waals surface area contributed by atoms with Crippen molar-refractivity contribution in [3.63, 3.8) is 0 Å². The molecule has 0 spiro atoms. The third kappa shape index (κ3) is 1.93. The zero-order valence-corrected chi connectivity index (χ0v) is 6.73. The first-order chi connectivity index (χ1) is 5.24. The van der Waals surface area contributed by atoms with Gasteiger partial charge in [0.1, 0.15) is 11.6 Å². The first kappa shape index (κ1) is 8.05.